The summed E-state index contributed by atoms with van der Waals surface area (Å²) in [4.78, 5) is 10.1. The number of carbonyl (C=O) groups is 1. The molecule has 0 aliphatic rings. The number of aliphatic hydroxyl groups is 4. The molecule has 0 bridgehead atoms. The molecule has 0 amide bonds. The molecule has 0 heterocycles. The van der Waals surface area contributed by atoms with Crippen molar-refractivity contribution in [1.82, 2.24) is 0 Å². The summed E-state index contributed by atoms with van der Waals surface area (Å²) < 4.78 is 34.4. The van der Waals surface area contributed by atoms with Gasteiger partial charge in [-0.15, -0.1) is 0 Å². The molecule has 9 nitrogen and oxygen atoms in total. The second-order valence-corrected chi connectivity index (χ2v) is 3.85. The van der Waals surface area contributed by atoms with Gasteiger partial charge in [0.2, 0.25) is 10.4 Å². The van der Waals surface area contributed by atoms with E-state index in [-0.39, 0.29) is 35.8 Å². The Balaban J connectivity index is 0. The van der Waals surface area contributed by atoms with Crippen molar-refractivity contribution >= 4 is 16.7 Å². The second-order valence-electron chi connectivity index (χ2n) is 2.84. The number of hydrogen-bond donors (Lipinski definition) is 4. The number of aldehydes is 1. The molecular formula is C6H11NaO9S. The van der Waals surface area contributed by atoms with Crippen LogP contribution in [0, 0.1) is 0 Å². The molecule has 0 spiro atoms. The Bertz CT molecular complexity index is 317. The maximum absolute atomic E-state index is 10.2. The zero-order chi connectivity index (χ0) is 12.9. The molecule has 4 unspecified atom stereocenters. The largest absolute Gasteiger partial charge is 1.00 e. The summed E-state index contributed by atoms with van der Waals surface area (Å²) in [6, 6.07) is 0. The second kappa shape index (κ2) is 8.48. The van der Waals surface area contributed by atoms with E-state index >= 15 is 0 Å². The molecule has 0 rings (SSSR count). The van der Waals surface area contributed by atoms with E-state index in [0.717, 1.165) is 0 Å². The van der Waals surface area contributed by atoms with Gasteiger partial charge < -0.3 is 29.8 Å². The van der Waals surface area contributed by atoms with Crippen molar-refractivity contribution in [2.45, 2.75) is 24.4 Å². The first-order valence-electron chi connectivity index (χ1n) is 3.97. The minimum atomic E-state index is -5.27. The van der Waals surface area contributed by atoms with Crippen LogP contribution in [-0.2, 0) is 19.4 Å². The summed E-state index contributed by atoms with van der Waals surface area (Å²) in [7, 11) is -5.27. The summed E-state index contributed by atoms with van der Waals surface area (Å²) in [6.45, 7) is -1.04. The smallest absolute Gasteiger partial charge is 0.726 e. The van der Waals surface area contributed by atoms with Crippen LogP contribution in [0.25, 0.3) is 0 Å². The first-order valence-corrected chi connectivity index (χ1v) is 5.30. The van der Waals surface area contributed by atoms with Gasteiger partial charge in [-0.05, 0) is 0 Å². The summed E-state index contributed by atoms with van der Waals surface area (Å²) in [6.07, 6.45) is -8.46. The van der Waals surface area contributed by atoms with E-state index in [2.05, 4.69) is 4.18 Å². The molecular weight excluding hydrogens is 271 g/mol. The molecule has 4 atom stereocenters. The molecule has 0 aromatic rings. The Morgan fingerprint density at radius 2 is 1.76 bits per heavy atom. The fourth-order valence-corrected chi connectivity index (χ4v) is 1.38. The first-order chi connectivity index (χ1) is 7.22. The molecule has 0 aliphatic heterocycles. The predicted octanol–water partition coefficient (Wildman–Crippen LogP) is -6.89. The van der Waals surface area contributed by atoms with Crippen molar-refractivity contribution < 1.29 is 71.9 Å². The van der Waals surface area contributed by atoms with E-state index in [9.17, 15) is 17.8 Å². The van der Waals surface area contributed by atoms with Crippen LogP contribution < -0.4 is 29.6 Å². The molecule has 17 heavy (non-hydrogen) atoms. The summed E-state index contributed by atoms with van der Waals surface area (Å²) >= 11 is 0. The van der Waals surface area contributed by atoms with Crippen molar-refractivity contribution in [1.29, 1.82) is 0 Å². The molecule has 0 aliphatic carbocycles. The van der Waals surface area contributed by atoms with E-state index in [1.165, 1.54) is 0 Å². The fourth-order valence-electron chi connectivity index (χ4n) is 0.863. The van der Waals surface area contributed by atoms with Crippen LogP contribution in [0.3, 0.4) is 0 Å². The van der Waals surface area contributed by atoms with Gasteiger partial charge in [0.15, 0.2) is 6.29 Å². The van der Waals surface area contributed by atoms with Gasteiger partial charge in [-0.3, -0.25) is 4.18 Å². The Labute approximate surface area is 119 Å². The van der Waals surface area contributed by atoms with Crippen molar-refractivity contribution in [3.8, 4) is 0 Å². The van der Waals surface area contributed by atoms with Crippen molar-refractivity contribution in [3.63, 3.8) is 0 Å². The third-order valence-corrected chi connectivity index (χ3v) is 2.08. The van der Waals surface area contributed by atoms with Crippen LogP contribution in [0.1, 0.15) is 0 Å². The van der Waals surface area contributed by atoms with Crippen LogP contribution >= 0.6 is 0 Å². The molecule has 0 saturated carbocycles. The van der Waals surface area contributed by atoms with Gasteiger partial charge in [-0.25, -0.2) is 8.42 Å². The molecule has 0 saturated heterocycles. The van der Waals surface area contributed by atoms with Crippen LogP contribution in [0.2, 0.25) is 0 Å². The van der Waals surface area contributed by atoms with E-state index in [1.54, 1.807) is 0 Å². The minimum Gasteiger partial charge on any atom is -0.726 e. The predicted molar refractivity (Wildman–Crippen MR) is 45.7 cm³/mol. The first kappa shape index (κ1) is 19.7. The quantitative estimate of drug-likeness (QED) is 0.154. The molecule has 0 fully saturated rings. The number of aliphatic hydroxyl groups excluding tert-OH is 4. The molecule has 0 aromatic carbocycles. The molecule has 0 radical (unpaired) electrons. The van der Waals surface area contributed by atoms with Gasteiger partial charge in [0.05, 0.1) is 6.61 Å². The maximum Gasteiger partial charge on any atom is 1.00 e. The topological polar surface area (TPSA) is 164 Å². The monoisotopic (exact) mass is 282 g/mol. The van der Waals surface area contributed by atoms with Crippen molar-refractivity contribution in [3.05, 3.63) is 0 Å². The average molecular weight is 282 g/mol. The van der Waals surface area contributed by atoms with Crippen molar-refractivity contribution in [2.24, 2.45) is 0 Å². The Hall–Kier alpha value is 0.380. The molecule has 11 heteroatoms. The fraction of sp³-hybridized carbons (Fsp3) is 0.833. The third-order valence-electron chi connectivity index (χ3n) is 1.62. The standard InChI is InChI=1S/C6H12O9S.Na/c7-1-3(9)5(11)6(4(10)2-8)15-16(12,13)14;/h1,3-6,8-11H,2H2,(H,12,13,14);/q;+1/p-1. The maximum atomic E-state index is 10.2. The van der Waals surface area contributed by atoms with Gasteiger partial charge >= 0.3 is 29.6 Å². The number of hydrogen-bond acceptors (Lipinski definition) is 9. The van der Waals surface area contributed by atoms with Gasteiger partial charge in [-0.2, -0.15) is 0 Å². The summed E-state index contributed by atoms with van der Waals surface area (Å²) in [5, 5.41) is 35.5. The average Bonchev–Trinajstić information content (AvgIpc) is 2.21. The van der Waals surface area contributed by atoms with E-state index in [1.807, 2.05) is 0 Å². The van der Waals surface area contributed by atoms with E-state index < -0.39 is 41.4 Å². The Kier molecular flexibility index (Phi) is 9.83. The van der Waals surface area contributed by atoms with Crippen molar-refractivity contribution in [2.75, 3.05) is 6.61 Å². The third kappa shape index (κ3) is 7.41. The SMILES string of the molecule is O=CC(O)C(O)C(OS(=O)(=O)[O-])C(O)CO.[Na+]. The molecule has 0 aromatic heterocycles. The number of rotatable bonds is 7. The Morgan fingerprint density at radius 3 is 2.06 bits per heavy atom. The normalized spacial score (nSPS) is 18.6. The van der Waals surface area contributed by atoms with Crippen LogP contribution in [-0.4, -0.2) is 70.7 Å². The van der Waals surface area contributed by atoms with Gasteiger partial charge in [0.25, 0.3) is 0 Å². The molecule has 4 N–H and O–H groups in total. The zero-order valence-corrected chi connectivity index (χ0v) is 11.6. The van der Waals surface area contributed by atoms with E-state index in [0.29, 0.717) is 0 Å². The van der Waals surface area contributed by atoms with Gasteiger partial charge in [-0.1, -0.05) is 0 Å². The summed E-state index contributed by atoms with van der Waals surface area (Å²) in [5.74, 6) is 0. The van der Waals surface area contributed by atoms with Crippen LogP contribution in [0.5, 0.6) is 0 Å². The van der Waals surface area contributed by atoms with Gasteiger partial charge in [0.1, 0.15) is 24.4 Å². The van der Waals surface area contributed by atoms with Gasteiger partial charge in [0, 0.05) is 0 Å². The van der Waals surface area contributed by atoms with E-state index in [4.69, 9.17) is 20.4 Å². The minimum absolute atomic E-state index is 0. The Morgan fingerprint density at radius 1 is 1.29 bits per heavy atom. The van der Waals surface area contributed by atoms with Crippen LogP contribution in [0.4, 0.5) is 0 Å². The number of carbonyl (C=O) groups excluding carboxylic acids is 1. The zero-order valence-electron chi connectivity index (χ0n) is 8.83. The molecule has 96 valence electrons. The summed E-state index contributed by atoms with van der Waals surface area (Å²) in [5.41, 5.74) is 0. The van der Waals surface area contributed by atoms with Crippen LogP contribution in [0.15, 0.2) is 0 Å².